The Balaban J connectivity index is 1.69. The van der Waals surface area contributed by atoms with E-state index >= 15 is 0 Å². The van der Waals surface area contributed by atoms with Crippen molar-refractivity contribution < 1.29 is 15.0 Å². The fourth-order valence-electron chi connectivity index (χ4n) is 2.55. The fraction of sp³-hybridized carbons (Fsp3) is 0.286. The average molecular weight is 258 g/mol. The summed E-state index contributed by atoms with van der Waals surface area (Å²) >= 11 is 0. The van der Waals surface area contributed by atoms with Crippen molar-refractivity contribution >= 4 is 11.6 Å². The Bertz CT molecular complexity index is 592. The van der Waals surface area contributed by atoms with Crippen LogP contribution in [0.4, 0.5) is 0 Å². The van der Waals surface area contributed by atoms with Crippen molar-refractivity contribution in [2.24, 2.45) is 16.9 Å². The zero-order valence-electron chi connectivity index (χ0n) is 10.2. The predicted molar refractivity (Wildman–Crippen MR) is 70.0 cm³/mol. The lowest BCUT2D eigenvalue weighted by atomic mass is 9.74. The molecular weight excluding hydrogens is 244 g/mol. The van der Waals surface area contributed by atoms with Crippen LogP contribution in [0.25, 0.3) is 0 Å². The highest BCUT2D eigenvalue weighted by molar-refractivity contribution is 5.99. The standard InChI is InChI=1S/C14H14N2O3/c17-9-4-5-13(18)11(7-9)14(19)16-15-12-6-8-2-1-3-10(8)12/h1-2,4-5,7-8,10,17-18H,3,6H2,(H,16,19)/b15-12-/t8-,10-/m0/s1. The maximum Gasteiger partial charge on any atom is 0.275 e. The number of hydrazone groups is 1. The summed E-state index contributed by atoms with van der Waals surface area (Å²) in [5.41, 5.74) is 3.44. The van der Waals surface area contributed by atoms with Crippen LogP contribution in [-0.2, 0) is 0 Å². The lowest BCUT2D eigenvalue weighted by Crippen LogP contribution is -2.35. The summed E-state index contributed by atoms with van der Waals surface area (Å²) in [7, 11) is 0. The first-order valence-corrected chi connectivity index (χ1v) is 6.20. The van der Waals surface area contributed by atoms with E-state index in [4.69, 9.17) is 0 Å². The topological polar surface area (TPSA) is 81.9 Å². The lowest BCUT2D eigenvalue weighted by Gasteiger charge is -2.31. The van der Waals surface area contributed by atoms with Gasteiger partial charge in [-0.15, -0.1) is 0 Å². The molecule has 1 amide bonds. The van der Waals surface area contributed by atoms with Crippen LogP contribution in [0.3, 0.4) is 0 Å². The lowest BCUT2D eigenvalue weighted by molar-refractivity contribution is 0.0951. The number of rotatable bonds is 2. The number of hydrogen-bond donors (Lipinski definition) is 3. The quantitative estimate of drug-likeness (QED) is 0.429. The third kappa shape index (κ3) is 2.07. The molecule has 98 valence electrons. The molecule has 0 aromatic heterocycles. The first-order valence-electron chi connectivity index (χ1n) is 6.20. The monoisotopic (exact) mass is 258 g/mol. The maximum atomic E-state index is 11.8. The summed E-state index contributed by atoms with van der Waals surface area (Å²) in [5, 5.41) is 23.0. The molecule has 0 unspecified atom stereocenters. The van der Waals surface area contributed by atoms with Crippen LogP contribution in [0.5, 0.6) is 11.5 Å². The van der Waals surface area contributed by atoms with E-state index in [1.807, 2.05) is 0 Å². The molecular formula is C14H14N2O3. The first-order chi connectivity index (χ1) is 9.15. The van der Waals surface area contributed by atoms with Gasteiger partial charge in [0.05, 0.1) is 5.56 Å². The van der Waals surface area contributed by atoms with E-state index < -0.39 is 5.91 Å². The van der Waals surface area contributed by atoms with E-state index in [0.717, 1.165) is 18.6 Å². The van der Waals surface area contributed by atoms with Gasteiger partial charge in [-0.25, -0.2) is 5.43 Å². The van der Waals surface area contributed by atoms with Gasteiger partial charge in [0.1, 0.15) is 11.5 Å². The van der Waals surface area contributed by atoms with E-state index in [1.165, 1.54) is 18.2 Å². The van der Waals surface area contributed by atoms with Gasteiger partial charge in [-0.1, -0.05) is 12.2 Å². The molecule has 3 N–H and O–H groups in total. The number of hydrogen-bond acceptors (Lipinski definition) is 4. The Hall–Kier alpha value is -2.30. The molecule has 19 heavy (non-hydrogen) atoms. The Morgan fingerprint density at radius 2 is 2.21 bits per heavy atom. The van der Waals surface area contributed by atoms with Gasteiger partial charge in [-0.3, -0.25) is 4.79 Å². The van der Waals surface area contributed by atoms with Gasteiger partial charge in [0.25, 0.3) is 5.91 Å². The van der Waals surface area contributed by atoms with Gasteiger partial charge in [-0.05, 0) is 37.0 Å². The minimum absolute atomic E-state index is 0.0183. The number of carbonyl (C=O) groups is 1. The minimum Gasteiger partial charge on any atom is -0.508 e. The summed E-state index contributed by atoms with van der Waals surface area (Å²) in [4.78, 5) is 11.8. The van der Waals surface area contributed by atoms with Crippen molar-refractivity contribution in [1.29, 1.82) is 0 Å². The summed E-state index contributed by atoms with van der Waals surface area (Å²) in [6.45, 7) is 0. The highest BCUT2D eigenvalue weighted by Crippen LogP contribution is 2.40. The summed E-state index contributed by atoms with van der Waals surface area (Å²) < 4.78 is 0. The second-order valence-corrected chi connectivity index (χ2v) is 4.88. The molecule has 1 aromatic carbocycles. The van der Waals surface area contributed by atoms with Gasteiger partial charge >= 0.3 is 0 Å². The minimum atomic E-state index is -0.518. The third-order valence-corrected chi connectivity index (χ3v) is 3.69. The van der Waals surface area contributed by atoms with Crippen LogP contribution in [0.2, 0.25) is 0 Å². The zero-order valence-corrected chi connectivity index (χ0v) is 10.2. The average Bonchev–Trinajstić information content (AvgIpc) is 2.74. The van der Waals surface area contributed by atoms with Crippen LogP contribution in [-0.4, -0.2) is 21.8 Å². The molecule has 5 heteroatoms. The number of nitrogens with one attached hydrogen (secondary N) is 1. The van der Waals surface area contributed by atoms with Crippen molar-refractivity contribution in [3.8, 4) is 11.5 Å². The number of benzene rings is 1. The zero-order chi connectivity index (χ0) is 13.4. The highest BCUT2D eigenvalue weighted by atomic mass is 16.3. The second kappa shape index (κ2) is 4.42. The molecule has 1 fully saturated rings. The van der Waals surface area contributed by atoms with E-state index in [2.05, 4.69) is 22.7 Å². The van der Waals surface area contributed by atoms with Crippen molar-refractivity contribution in [3.63, 3.8) is 0 Å². The van der Waals surface area contributed by atoms with Crippen molar-refractivity contribution in [3.05, 3.63) is 35.9 Å². The van der Waals surface area contributed by atoms with Crippen LogP contribution in [0.15, 0.2) is 35.5 Å². The molecule has 2 aliphatic rings. The van der Waals surface area contributed by atoms with Crippen molar-refractivity contribution in [2.45, 2.75) is 12.8 Å². The normalized spacial score (nSPS) is 26.0. The smallest absolute Gasteiger partial charge is 0.275 e. The largest absolute Gasteiger partial charge is 0.508 e. The summed E-state index contributed by atoms with van der Waals surface area (Å²) in [6.07, 6.45) is 6.19. The molecule has 0 heterocycles. The van der Waals surface area contributed by atoms with Crippen LogP contribution < -0.4 is 5.43 Å². The molecule has 0 aliphatic heterocycles. The maximum absolute atomic E-state index is 11.8. The molecule has 0 saturated heterocycles. The van der Waals surface area contributed by atoms with E-state index in [-0.39, 0.29) is 17.1 Å². The van der Waals surface area contributed by atoms with Gasteiger partial charge in [0, 0.05) is 11.6 Å². The fourth-order valence-corrected chi connectivity index (χ4v) is 2.55. The Labute approximate surface area is 110 Å². The number of allylic oxidation sites excluding steroid dienone is 2. The second-order valence-electron chi connectivity index (χ2n) is 4.88. The Morgan fingerprint density at radius 3 is 3.00 bits per heavy atom. The molecule has 2 aliphatic carbocycles. The van der Waals surface area contributed by atoms with Crippen LogP contribution >= 0.6 is 0 Å². The highest BCUT2D eigenvalue weighted by Gasteiger charge is 2.38. The summed E-state index contributed by atoms with van der Waals surface area (Å²) in [5.74, 6) is 0.238. The number of nitrogens with zero attached hydrogens (tertiary/aromatic N) is 1. The van der Waals surface area contributed by atoms with Crippen LogP contribution in [0.1, 0.15) is 23.2 Å². The number of carbonyl (C=O) groups excluding carboxylic acids is 1. The molecule has 5 nitrogen and oxygen atoms in total. The van der Waals surface area contributed by atoms with Crippen molar-refractivity contribution in [1.82, 2.24) is 5.43 Å². The molecule has 3 rings (SSSR count). The van der Waals surface area contributed by atoms with E-state index in [1.54, 1.807) is 0 Å². The number of amides is 1. The first kappa shape index (κ1) is 11.8. The predicted octanol–water partition coefficient (Wildman–Crippen LogP) is 1.78. The molecule has 0 spiro atoms. The molecule has 1 aromatic rings. The number of aromatic hydroxyl groups is 2. The third-order valence-electron chi connectivity index (χ3n) is 3.69. The molecule has 1 saturated carbocycles. The number of fused-ring (bicyclic) bond motifs is 1. The molecule has 0 bridgehead atoms. The van der Waals surface area contributed by atoms with Gasteiger partial charge < -0.3 is 10.2 Å². The van der Waals surface area contributed by atoms with Crippen LogP contribution in [0, 0.1) is 11.8 Å². The summed E-state index contributed by atoms with van der Waals surface area (Å²) in [6, 6.07) is 3.81. The van der Waals surface area contributed by atoms with Gasteiger partial charge in [-0.2, -0.15) is 5.10 Å². The SMILES string of the molecule is O=C(N/N=C1/C[C@@H]2C=CC[C@H]12)c1cc(O)ccc1O. The Kier molecular flexibility index (Phi) is 2.74. The van der Waals surface area contributed by atoms with Crippen molar-refractivity contribution in [2.75, 3.05) is 0 Å². The van der Waals surface area contributed by atoms with E-state index in [9.17, 15) is 15.0 Å². The molecule has 2 atom stereocenters. The van der Waals surface area contributed by atoms with E-state index in [0.29, 0.717) is 11.8 Å². The van der Waals surface area contributed by atoms with Gasteiger partial charge in [0.2, 0.25) is 0 Å². The molecule has 0 radical (unpaired) electrons. The number of phenolic OH excluding ortho intramolecular Hbond substituents is 2. The number of phenols is 2. The van der Waals surface area contributed by atoms with Gasteiger partial charge in [0.15, 0.2) is 0 Å². The Morgan fingerprint density at radius 1 is 1.37 bits per heavy atom.